The molecule has 2 rings (SSSR count). The number of amides is 2. The molecule has 0 unspecified atom stereocenters. The summed E-state index contributed by atoms with van der Waals surface area (Å²) in [6.07, 6.45) is 0. The van der Waals surface area contributed by atoms with E-state index in [4.69, 9.17) is 0 Å². The molecule has 0 fully saturated rings. The number of hydrogen-bond acceptors (Lipinski definition) is 3. The highest BCUT2D eigenvalue weighted by molar-refractivity contribution is 7.10. The van der Waals surface area contributed by atoms with Crippen LogP contribution in [0.15, 0.2) is 29.6 Å². The van der Waals surface area contributed by atoms with Crippen LogP contribution in [0.25, 0.3) is 0 Å². The lowest BCUT2D eigenvalue weighted by Crippen LogP contribution is -2.31. The first kappa shape index (κ1) is 16.4. The quantitative estimate of drug-likeness (QED) is 0.921. The first-order valence-electron chi connectivity index (χ1n) is 7.21. The molecule has 0 atom stereocenters. The van der Waals surface area contributed by atoms with Gasteiger partial charge in [-0.1, -0.05) is 0 Å². The van der Waals surface area contributed by atoms with Gasteiger partial charge in [-0.25, -0.2) is 4.79 Å². The maximum Gasteiger partial charge on any atom is 0.321 e. The summed E-state index contributed by atoms with van der Waals surface area (Å²) in [5.41, 5.74) is 4.26. The minimum atomic E-state index is -0.0893. The van der Waals surface area contributed by atoms with Crippen molar-refractivity contribution in [1.29, 1.82) is 0 Å². The van der Waals surface area contributed by atoms with Gasteiger partial charge in [0.25, 0.3) is 0 Å². The second-order valence-electron chi connectivity index (χ2n) is 5.71. The number of aryl methyl sites for hydroxylation is 2. The van der Waals surface area contributed by atoms with Crippen LogP contribution >= 0.6 is 11.3 Å². The summed E-state index contributed by atoms with van der Waals surface area (Å²) in [6.45, 7) is 4.71. The second kappa shape index (κ2) is 6.83. The number of hydrogen-bond donors (Lipinski definition) is 1. The number of urea groups is 1. The van der Waals surface area contributed by atoms with Crippen LogP contribution in [-0.4, -0.2) is 32.1 Å². The standard InChI is InChI=1S/C17H23N3OS/c1-12-8-9-22-16(12)11-20(5)17(21)18-15-7-6-14(19(3)4)10-13(15)2/h6-10H,11H2,1-5H3,(H,18,21). The van der Waals surface area contributed by atoms with Crippen molar-refractivity contribution in [3.05, 3.63) is 45.6 Å². The van der Waals surface area contributed by atoms with Crippen LogP contribution < -0.4 is 10.2 Å². The number of carbonyl (C=O) groups is 1. The largest absolute Gasteiger partial charge is 0.378 e. The SMILES string of the molecule is Cc1cc(N(C)C)ccc1NC(=O)N(C)Cc1sccc1C. The van der Waals surface area contributed by atoms with Gasteiger partial charge in [-0.3, -0.25) is 0 Å². The first-order chi connectivity index (χ1) is 10.4. The highest BCUT2D eigenvalue weighted by Gasteiger charge is 2.12. The Morgan fingerprint density at radius 1 is 1.14 bits per heavy atom. The van der Waals surface area contributed by atoms with Gasteiger partial charge < -0.3 is 15.1 Å². The van der Waals surface area contributed by atoms with Crippen LogP contribution in [0.4, 0.5) is 16.2 Å². The van der Waals surface area contributed by atoms with Gasteiger partial charge in [0, 0.05) is 37.4 Å². The highest BCUT2D eigenvalue weighted by atomic mass is 32.1. The fraction of sp³-hybridized carbons (Fsp3) is 0.353. The normalized spacial score (nSPS) is 10.4. The summed E-state index contributed by atoms with van der Waals surface area (Å²) in [7, 11) is 5.83. The molecule has 0 bridgehead atoms. The number of benzene rings is 1. The highest BCUT2D eigenvalue weighted by Crippen LogP contribution is 2.22. The Labute approximate surface area is 136 Å². The summed E-state index contributed by atoms with van der Waals surface area (Å²) in [5.74, 6) is 0. The number of carbonyl (C=O) groups excluding carboxylic acids is 1. The smallest absolute Gasteiger partial charge is 0.321 e. The van der Waals surface area contributed by atoms with E-state index < -0.39 is 0 Å². The molecular weight excluding hydrogens is 294 g/mol. The van der Waals surface area contributed by atoms with Gasteiger partial charge in [0.2, 0.25) is 0 Å². The Balaban J connectivity index is 2.04. The molecule has 5 heteroatoms. The lowest BCUT2D eigenvalue weighted by molar-refractivity contribution is 0.221. The van der Waals surface area contributed by atoms with Gasteiger partial charge in [0.05, 0.1) is 6.54 Å². The number of thiophene rings is 1. The van der Waals surface area contributed by atoms with Gasteiger partial charge in [0.15, 0.2) is 0 Å². The van der Waals surface area contributed by atoms with Crippen molar-refractivity contribution in [2.45, 2.75) is 20.4 Å². The lowest BCUT2D eigenvalue weighted by Gasteiger charge is -2.20. The lowest BCUT2D eigenvalue weighted by atomic mass is 10.1. The molecule has 2 amide bonds. The van der Waals surface area contributed by atoms with Gasteiger partial charge in [-0.15, -0.1) is 11.3 Å². The van der Waals surface area contributed by atoms with Crippen LogP contribution in [0.5, 0.6) is 0 Å². The summed E-state index contributed by atoms with van der Waals surface area (Å²) in [6, 6.07) is 8.02. The molecule has 0 spiro atoms. The molecule has 1 aromatic heterocycles. The fourth-order valence-electron chi connectivity index (χ4n) is 2.13. The van der Waals surface area contributed by atoms with Crippen LogP contribution in [0.3, 0.4) is 0 Å². The molecule has 0 radical (unpaired) electrons. The summed E-state index contributed by atoms with van der Waals surface area (Å²) in [4.78, 5) is 17.3. The van der Waals surface area contributed by atoms with E-state index in [0.717, 1.165) is 16.9 Å². The Kier molecular flexibility index (Phi) is 5.08. The maximum atomic E-state index is 12.3. The molecule has 22 heavy (non-hydrogen) atoms. The van der Waals surface area contributed by atoms with E-state index in [0.29, 0.717) is 6.54 Å². The molecule has 0 aliphatic rings. The molecule has 4 nitrogen and oxygen atoms in total. The third-order valence-corrected chi connectivity index (χ3v) is 4.67. The number of rotatable bonds is 4. The Hall–Kier alpha value is -2.01. The van der Waals surface area contributed by atoms with E-state index >= 15 is 0 Å². The minimum absolute atomic E-state index is 0.0893. The molecule has 0 saturated heterocycles. The first-order valence-corrected chi connectivity index (χ1v) is 8.09. The molecule has 0 saturated carbocycles. The zero-order valence-electron chi connectivity index (χ0n) is 13.8. The van der Waals surface area contributed by atoms with Crippen molar-refractivity contribution in [3.8, 4) is 0 Å². The predicted molar refractivity (Wildman–Crippen MR) is 95.0 cm³/mol. The number of nitrogens with zero attached hydrogens (tertiary/aromatic N) is 2. The van der Waals surface area contributed by atoms with Gasteiger partial charge >= 0.3 is 6.03 Å². The molecule has 2 aromatic rings. The predicted octanol–water partition coefficient (Wildman–Crippen LogP) is 4.09. The average Bonchev–Trinajstić information content (AvgIpc) is 2.86. The van der Waals surface area contributed by atoms with E-state index in [2.05, 4.69) is 29.8 Å². The topological polar surface area (TPSA) is 35.6 Å². The van der Waals surface area contributed by atoms with E-state index in [-0.39, 0.29) is 6.03 Å². The number of anilines is 2. The molecule has 0 aliphatic carbocycles. The Bertz CT molecular complexity index is 664. The van der Waals surface area contributed by atoms with Crippen molar-refractivity contribution < 1.29 is 4.79 Å². The van der Waals surface area contributed by atoms with Gasteiger partial charge in [0.1, 0.15) is 0 Å². The van der Waals surface area contributed by atoms with Crippen molar-refractivity contribution in [3.63, 3.8) is 0 Å². The van der Waals surface area contributed by atoms with Crippen molar-refractivity contribution in [2.75, 3.05) is 31.4 Å². The van der Waals surface area contributed by atoms with Crippen LogP contribution in [-0.2, 0) is 6.54 Å². The molecule has 1 aromatic carbocycles. The molecular formula is C17H23N3OS. The van der Waals surface area contributed by atoms with Crippen LogP contribution in [0, 0.1) is 13.8 Å². The van der Waals surface area contributed by atoms with E-state index in [9.17, 15) is 4.79 Å². The number of nitrogens with one attached hydrogen (secondary N) is 1. The molecule has 118 valence electrons. The van der Waals surface area contributed by atoms with E-state index in [1.54, 1.807) is 16.2 Å². The summed E-state index contributed by atoms with van der Waals surface area (Å²) in [5, 5.41) is 5.04. The third kappa shape index (κ3) is 3.80. The molecule has 1 N–H and O–H groups in total. The third-order valence-electron chi connectivity index (χ3n) is 3.66. The molecule has 0 aliphatic heterocycles. The zero-order valence-corrected chi connectivity index (χ0v) is 14.6. The van der Waals surface area contributed by atoms with Crippen LogP contribution in [0.2, 0.25) is 0 Å². The van der Waals surface area contributed by atoms with Gasteiger partial charge in [-0.2, -0.15) is 0 Å². The summed E-state index contributed by atoms with van der Waals surface area (Å²) < 4.78 is 0. The van der Waals surface area contributed by atoms with E-state index in [1.165, 1.54) is 10.4 Å². The molecule has 1 heterocycles. The van der Waals surface area contributed by atoms with Crippen LogP contribution in [0.1, 0.15) is 16.0 Å². The van der Waals surface area contributed by atoms with Gasteiger partial charge in [-0.05, 0) is 54.6 Å². The fourth-order valence-corrected chi connectivity index (χ4v) is 3.09. The minimum Gasteiger partial charge on any atom is -0.378 e. The Morgan fingerprint density at radius 3 is 2.41 bits per heavy atom. The van der Waals surface area contributed by atoms with Crippen molar-refractivity contribution >= 4 is 28.7 Å². The van der Waals surface area contributed by atoms with Crippen molar-refractivity contribution in [1.82, 2.24) is 4.90 Å². The second-order valence-corrected chi connectivity index (χ2v) is 6.71. The summed E-state index contributed by atoms with van der Waals surface area (Å²) >= 11 is 1.68. The maximum absolute atomic E-state index is 12.3. The van der Waals surface area contributed by atoms with E-state index in [1.807, 2.05) is 45.1 Å². The van der Waals surface area contributed by atoms with Crippen molar-refractivity contribution in [2.24, 2.45) is 0 Å². The Morgan fingerprint density at radius 2 is 1.86 bits per heavy atom. The average molecular weight is 317 g/mol. The monoisotopic (exact) mass is 317 g/mol. The zero-order chi connectivity index (χ0) is 16.3.